The molecule has 0 saturated carbocycles. The molecule has 0 unspecified atom stereocenters. The van der Waals surface area contributed by atoms with Crippen LogP contribution in [0.15, 0.2) is 18.2 Å². The van der Waals surface area contributed by atoms with Gasteiger partial charge in [-0.1, -0.05) is 18.6 Å². The number of hydrogen-bond acceptors (Lipinski definition) is 3. The summed E-state index contributed by atoms with van der Waals surface area (Å²) >= 11 is 0. The van der Waals surface area contributed by atoms with Crippen molar-refractivity contribution in [1.82, 2.24) is 4.90 Å². The number of rotatable bonds is 4. The molecule has 4 nitrogen and oxygen atoms in total. The highest BCUT2D eigenvalue weighted by atomic mass is 16.5. The Bertz CT molecular complexity index is 541. The third-order valence-electron chi connectivity index (χ3n) is 5.11. The fourth-order valence-electron chi connectivity index (χ4n) is 3.97. The van der Waals surface area contributed by atoms with Crippen LogP contribution in [0.25, 0.3) is 0 Å². The van der Waals surface area contributed by atoms with Crippen LogP contribution in [0.5, 0.6) is 5.75 Å². The largest absolute Gasteiger partial charge is 0.492 e. The lowest BCUT2D eigenvalue weighted by molar-refractivity contribution is 0.0360. The fourth-order valence-corrected chi connectivity index (χ4v) is 3.97. The van der Waals surface area contributed by atoms with Gasteiger partial charge in [-0.3, -0.25) is 4.90 Å². The lowest BCUT2D eigenvalue weighted by Gasteiger charge is -2.44. The van der Waals surface area contributed by atoms with Crippen LogP contribution in [0.2, 0.25) is 0 Å². The Labute approximate surface area is 132 Å². The Balaban J connectivity index is 1.71. The SMILES string of the molecule is Cc1cccc(C(=O)O)c1OC[C@@H]1CCCN2CCCC[C@H]12. The molecule has 0 bridgehead atoms. The molecular formula is C18H25NO3. The molecule has 0 radical (unpaired) electrons. The number of nitrogens with zero attached hydrogens (tertiary/aromatic N) is 1. The zero-order valence-electron chi connectivity index (χ0n) is 13.3. The van der Waals surface area contributed by atoms with Gasteiger partial charge in [-0.05, 0) is 57.3 Å². The normalized spacial score (nSPS) is 25.5. The third-order valence-corrected chi connectivity index (χ3v) is 5.11. The van der Waals surface area contributed by atoms with Crippen LogP contribution in [0.1, 0.15) is 48.0 Å². The second-order valence-corrected chi connectivity index (χ2v) is 6.57. The van der Waals surface area contributed by atoms with Crippen molar-refractivity contribution < 1.29 is 14.6 Å². The maximum absolute atomic E-state index is 11.4. The fraction of sp³-hybridized carbons (Fsp3) is 0.611. The van der Waals surface area contributed by atoms with Gasteiger partial charge in [0.1, 0.15) is 11.3 Å². The average molecular weight is 303 g/mol. The van der Waals surface area contributed by atoms with Gasteiger partial charge in [-0.15, -0.1) is 0 Å². The van der Waals surface area contributed by atoms with Gasteiger partial charge in [0, 0.05) is 12.0 Å². The zero-order valence-corrected chi connectivity index (χ0v) is 13.3. The maximum atomic E-state index is 11.4. The van der Waals surface area contributed by atoms with Crippen LogP contribution in [0, 0.1) is 12.8 Å². The van der Waals surface area contributed by atoms with E-state index in [2.05, 4.69) is 4.90 Å². The van der Waals surface area contributed by atoms with E-state index in [4.69, 9.17) is 4.74 Å². The zero-order chi connectivity index (χ0) is 15.5. The highest BCUT2D eigenvalue weighted by Gasteiger charge is 2.33. The highest BCUT2D eigenvalue weighted by molar-refractivity contribution is 5.91. The van der Waals surface area contributed by atoms with Gasteiger partial charge in [0.2, 0.25) is 0 Å². The van der Waals surface area contributed by atoms with E-state index in [0.717, 1.165) is 5.56 Å². The molecule has 2 heterocycles. The minimum absolute atomic E-state index is 0.274. The molecule has 2 aliphatic heterocycles. The number of piperidine rings is 2. The molecule has 2 saturated heterocycles. The summed E-state index contributed by atoms with van der Waals surface area (Å²) in [5.41, 5.74) is 1.17. The van der Waals surface area contributed by atoms with Crippen molar-refractivity contribution in [3.63, 3.8) is 0 Å². The van der Waals surface area contributed by atoms with Crippen LogP contribution in [0.3, 0.4) is 0 Å². The third kappa shape index (κ3) is 3.12. The molecule has 4 heteroatoms. The van der Waals surface area contributed by atoms with E-state index in [0.29, 0.717) is 24.3 Å². The number of carboxylic acid groups (broad SMARTS) is 1. The summed E-state index contributed by atoms with van der Waals surface area (Å²) in [7, 11) is 0. The van der Waals surface area contributed by atoms with E-state index >= 15 is 0 Å². The van der Waals surface area contributed by atoms with Crippen LogP contribution in [0.4, 0.5) is 0 Å². The van der Waals surface area contributed by atoms with E-state index in [1.807, 2.05) is 13.0 Å². The molecule has 0 amide bonds. The van der Waals surface area contributed by atoms with Crippen molar-refractivity contribution >= 4 is 5.97 Å². The molecule has 1 aromatic rings. The first-order valence-corrected chi connectivity index (χ1v) is 8.36. The summed E-state index contributed by atoms with van der Waals surface area (Å²) in [6.45, 7) is 4.97. The van der Waals surface area contributed by atoms with Gasteiger partial charge in [0.05, 0.1) is 6.61 Å². The molecule has 0 spiro atoms. The number of carboxylic acids is 1. The smallest absolute Gasteiger partial charge is 0.339 e. The van der Waals surface area contributed by atoms with Crippen molar-refractivity contribution in [3.8, 4) is 5.75 Å². The Hall–Kier alpha value is -1.55. The Morgan fingerprint density at radius 2 is 2.09 bits per heavy atom. The number of carbonyl (C=O) groups is 1. The second-order valence-electron chi connectivity index (χ2n) is 6.57. The monoisotopic (exact) mass is 303 g/mol. The summed E-state index contributed by atoms with van der Waals surface area (Å²) in [6.07, 6.45) is 6.29. The molecule has 1 aromatic carbocycles. The van der Waals surface area contributed by atoms with Crippen molar-refractivity contribution in [2.24, 2.45) is 5.92 Å². The minimum atomic E-state index is -0.915. The first kappa shape index (κ1) is 15.3. The van der Waals surface area contributed by atoms with Crippen LogP contribution in [-0.2, 0) is 0 Å². The van der Waals surface area contributed by atoms with E-state index < -0.39 is 5.97 Å². The van der Waals surface area contributed by atoms with Gasteiger partial charge >= 0.3 is 5.97 Å². The Morgan fingerprint density at radius 1 is 1.27 bits per heavy atom. The first-order valence-electron chi connectivity index (χ1n) is 8.36. The molecule has 0 aliphatic carbocycles. The highest BCUT2D eigenvalue weighted by Crippen LogP contribution is 2.32. The number of aryl methyl sites for hydroxylation is 1. The number of ether oxygens (including phenoxy) is 1. The van der Waals surface area contributed by atoms with E-state index in [1.54, 1.807) is 12.1 Å². The molecule has 2 atom stereocenters. The summed E-state index contributed by atoms with van der Waals surface area (Å²) in [5.74, 6) is 0.153. The van der Waals surface area contributed by atoms with Crippen molar-refractivity contribution in [1.29, 1.82) is 0 Å². The molecular weight excluding hydrogens is 278 g/mol. The number of benzene rings is 1. The number of fused-ring (bicyclic) bond motifs is 1. The van der Waals surface area contributed by atoms with E-state index in [1.165, 1.54) is 45.2 Å². The van der Waals surface area contributed by atoms with Gasteiger partial charge < -0.3 is 9.84 Å². The molecule has 0 aromatic heterocycles. The van der Waals surface area contributed by atoms with Gasteiger partial charge in [-0.25, -0.2) is 4.79 Å². The number of hydrogen-bond donors (Lipinski definition) is 1. The van der Waals surface area contributed by atoms with Crippen LogP contribution in [-0.4, -0.2) is 41.7 Å². The topological polar surface area (TPSA) is 49.8 Å². The lowest BCUT2D eigenvalue weighted by Crippen LogP contribution is -2.49. The van der Waals surface area contributed by atoms with Gasteiger partial charge in [0.25, 0.3) is 0 Å². The van der Waals surface area contributed by atoms with Gasteiger partial charge in [-0.2, -0.15) is 0 Å². The maximum Gasteiger partial charge on any atom is 0.339 e. The molecule has 3 rings (SSSR count). The predicted octanol–water partition coefficient (Wildman–Crippen LogP) is 3.34. The predicted molar refractivity (Wildman–Crippen MR) is 85.6 cm³/mol. The summed E-state index contributed by atoms with van der Waals surface area (Å²) in [4.78, 5) is 14.0. The standard InChI is InChI=1S/C18H25NO3/c1-13-6-4-8-15(18(20)21)17(13)22-12-14-7-5-11-19-10-3-2-9-16(14)19/h4,6,8,14,16H,2-3,5,7,9-12H2,1H3,(H,20,21)/t14-,16+/m0/s1. The molecule has 2 aliphatic rings. The molecule has 120 valence electrons. The van der Waals surface area contributed by atoms with Crippen molar-refractivity contribution in [2.45, 2.75) is 45.1 Å². The van der Waals surface area contributed by atoms with Crippen molar-refractivity contribution in [3.05, 3.63) is 29.3 Å². The summed E-state index contributed by atoms with van der Waals surface area (Å²) in [5, 5.41) is 9.33. The second kappa shape index (κ2) is 6.69. The van der Waals surface area contributed by atoms with Crippen LogP contribution < -0.4 is 4.74 Å². The lowest BCUT2D eigenvalue weighted by atomic mass is 9.84. The van der Waals surface area contributed by atoms with Gasteiger partial charge in [0.15, 0.2) is 0 Å². The van der Waals surface area contributed by atoms with E-state index in [-0.39, 0.29) is 5.56 Å². The quantitative estimate of drug-likeness (QED) is 0.927. The number of aromatic carboxylic acids is 1. The van der Waals surface area contributed by atoms with Crippen LogP contribution >= 0.6 is 0 Å². The average Bonchev–Trinajstić information content (AvgIpc) is 2.53. The molecule has 1 N–H and O–H groups in total. The summed E-state index contributed by atoms with van der Waals surface area (Å²) in [6, 6.07) is 5.93. The molecule has 22 heavy (non-hydrogen) atoms. The Morgan fingerprint density at radius 3 is 2.91 bits per heavy atom. The number of para-hydroxylation sites is 1. The summed E-state index contributed by atoms with van der Waals surface area (Å²) < 4.78 is 6.01. The molecule has 2 fully saturated rings. The van der Waals surface area contributed by atoms with E-state index in [9.17, 15) is 9.90 Å². The minimum Gasteiger partial charge on any atom is -0.492 e. The Kier molecular flexibility index (Phi) is 4.67. The first-order chi connectivity index (χ1) is 10.7. The van der Waals surface area contributed by atoms with Crippen molar-refractivity contribution in [2.75, 3.05) is 19.7 Å².